The molecule has 1 saturated heterocycles. The van der Waals surface area contributed by atoms with E-state index < -0.39 is 0 Å². The van der Waals surface area contributed by atoms with Gasteiger partial charge in [0.05, 0.1) is 12.0 Å². The van der Waals surface area contributed by atoms with Crippen LogP contribution < -0.4 is 5.73 Å². The number of imidazole rings is 1. The number of nitrogens with zero attached hydrogens (tertiary/aromatic N) is 3. The summed E-state index contributed by atoms with van der Waals surface area (Å²) in [4.78, 5) is 7.90. The van der Waals surface area contributed by atoms with Gasteiger partial charge in [-0.25, -0.2) is 4.98 Å². The Morgan fingerprint density at radius 2 is 2.32 bits per heavy atom. The Morgan fingerprint density at radius 1 is 1.47 bits per heavy atom. The maximum absolute atomic E-state index is 6.05. The minimum Gasteiger partial charge on any atom is -0.326 e. The molecule has 2 N–H and O–H groups in total. The third kappa shape index (κ3) is 3.17. The van der Waals surface area contributed by atoms with Gasteiger partial charge in [-0.3, -0.25) is 4.90 Å². The summed E-state index contributed by atoms with van der Waals surface area (Å²) in [5.74, 6) is 0.609. The van der Waals surface area contributed by atoms with E-state index in [1.807, 2.05) is 17.1 Å². The van der Waals surface area contributed by atoms with Crippen molar-refractivity contribution in [2.24, 2.45) is 11.7 Å². The molecule has 2 unspecified atom stereocenters. The van der Waals surface area contributed by atoms with E-state index in [0.29, 0.717) is 12.0 Å². The Hall–Kier alpha value is -0.880. The number of likely N-dealkylation sites (tertiary alicyclic amines) is 1. The van der Waals surface area contributed by atoms with Crippen LogP contribution in [0.1, 0.15) is 11.8 Å². The van der Waals surface area contributed by atoms with E-state index in [9.17, 15) is 0 Å². The van der Waals surface area contributed by atoms with Crippen molar-refractivity contribution in [2.75, 3.05) is 13.1 Å². The highest BCUT2D eigenvalue weighted by atomic mass is 35.5. The smallest absolute Gasteiger partial charge is 0.0991 e. The van der Waals surface area contributed by atoms with E-state index in [4.69, 9.17) is 5.73 Å². The lowest BCUT2D eigenvalue weighted by molar-refractivity contribution is 0.322. The van der Waals surface area contributed by atoms with Crippen molar-refractivity contribution < 1.29 is 0 Å². The standard InChI is InChI=1S/C13H18N4S.ClH/c1-10-5-16(7-13(10)14)6-12-4-11(8-18-12)17-3-2-15-9-17;/h2-4,8-10,13H,5-7,14H2,1H3;1H. The molecule has 0 saturated carbocycles. The zero-order valence-electron chi connectivity index (χ0n) is 10.9. The van der Waals surface area contributed by atoms with Crippen LogP contribution >= 0.6 is 23.7 Å². The van der Waals surface area contributed by atoms with Gasteiger partial charge in [0.1, 0.15) is 0 Å². The van der Waals surface area contributed by atoms with Crippen LogP contribution in [0.3, 0.4) is 0 Å². The molecule has 0 bridgehead atoms. The molecule has 3 heterocycles. The van der Waals surface area contributed by atoms with Crippen LogP contribution in [0, 0.1) is 5.92 Å². The lowest BCUT2D eigenvalue weighted by Gasteiger charge is -2.13. The molecule has 104 valence electrons. The van der Waals surface area contributed by atoms with Gasteiger partial charge in [0.15, 0.2) is 0 Å². The SMILES string of the molecule is CC1CN(Cc2cc(-n3ccnc3)cs2)CC1N.Cl. The third-order valence-electron chi connectivity index (χ3n) is 3.57. The molecule has 2 aromatic heterocycles. The number of nitrogens with two attached hydrogens (primary N) is 1. The summed E-state index contributed by atoms with van der Waals surface area (Å²) < 4.78 is 2.04. The molecule has 2 aromatic rings. The molecule has 1 aliphatic rings. The van der Waals surface area contributed by atoms with Crippen molar-refractivity contribution in [3.8, 4) is 5.69 Å². The predicted octanol–water partition coefficient (Wildman–Crippen LogP) is 2.13. The Kier molecular flexibility index (Phi) is 4.62. The molecule has 6 heteroatoms. The van der Waals surface area contributed by atoms with Gasteiger partial charge in [0.25, 0.3) is 0 Å². The molecule has 19 heavy (non-hydrogen) atoms. The number of thiophene rings is 1. The van der Waals surface area contributed by atoms with Gasteiger partial charge < -0.3 is 10.3 Å². The molecule has 3 rings (SSSR count). The molecule has 1 fully saturated rings. The second-order valence-electron chi connectivity index (χ2n) is 5.08. The average Bonchev–Trinajstić information content (AvgIpc) is 3.02. The second-order valence-corrected chi connectivity index (χ2v) is 6.07. The molecule has 0 aliphatic carbocycles. The maximum atomic E-state index is 6.05. The quantitative estimate of drug-likeness (QED) is 0.944. The third-order valence-corrected chi connectivity index (χ3v) is 4.48. The minimum absolute atomic E-state index is 0. The number of rotatable bonds is 3. The van der Waals surface area contributed by atoms with E-state index in [1.54, 1.807) is 17.5 Å². The lowest BCUT2D eigenvalue weighted by atomic mass is 10.1. The largest absolute Gasteiger partial charge is 0.326 e. The number of hydrogen-bond donors (Lipinski definition) is 1. The van der Waals surface area contributed by atoms with Crippen LogP contribution in [0.2, 0.25) is 0 Å². The molecule has 0 amide bonds. The number of halogens is 1. The van der Waals surface area contributed by atoms with Crippen LogP contribution in [0.5, 0.6) is 0 Å². The van der Waals surface area contributed by atoms with Crippen LogP contribution in [0.4, 0.5) is 0 Å². The lowest BCUT2D eigenvalue weighted by Crippen LogP contribution is -2.28. The van der Waals surface area contributed by atoms with Crippen LogP contribution in [-0.4, -0.2) is 33.6 Å². The van der Waals surface area contributed by atoms with Gasteiger partial charge >= 0.3 is 0 Å². The monoisotopic (exact) mass is 298 g/mol. The highest BCUT2D eigenvalue weighted by molar-refractivity contribution is 7.10. The average molecular weight is 299 g/mol. The van der Waals surface area contributed by atoms with Crippen LogP contribution in [-0.2, 0) is 6.54 Å². The Labute approximate surface area is 123 Å². The maximum Gasteiger partial charge on any atom is 0.0991 e. The van der Waals surface area contributed by atoms with Crippen molar-refractivity contribution in [2.45, 2.75) is 19.5 Å². The zero-order valence-corrected chi connectivity index (χ0v) is 12.5. The van der Waals surface area contributed by atoms with Gasteiger partial charge in [-0.15, -0.1) is 23.7 Å². The molecular weight excluding hydrogens is 280 g/mol. The van der Waals surface area contributed by atoms with E-state index in [1.165, 1.54) is 10.6 Å². The molecule has 0 aromatic carbocycles. The van der Waals surface area contributed by atoms with E-state index >= 15 is 0 Å². The molecule has 0 spiro atoms. The molecule has 2 atom stereocenters. The van der Waals surface area contributed by atoms with Crippen LogP contribution in [0.15, 0.2) is 30.2 Å². The van der Waals surface area contributed by atoms with Crippen molar-refractivity contribution in [1.82, 2.24) is 14.5 Å². The molecule has 0 radical (unpaired) electrons. The van der Waals surface area contributed by atoms with Crippen molar-refractivity contribution in [3.05, 3.63) is 35.0 Å². The number of hydrogen-bond acceptors (Lipinski definition) is 4. The zero-order chi connectivity index (χ0) is 12.5. The van der Waals surface area contributed by atoms with Gasteiger partial charge in [0, 0.05) is 48.3 Å². The van der Waals surface area contributed by atoms with Crippen molar-refractivity contribution >= 4 is 23.7 Å². The van der Waals surface area contributed by atoms with Gasteiger partial charge in [-0.1, -0.05) is 6.92 Å². The first-order valence-corrected chi connectivity index (χ1v) is 7.14. The topological polar surface area (TPSA) is 47.1 Å². The Morgan fingerprint density at radius 3 is 2.95 bits per heavy atom. The fourth-order valence-electron chi connectivity index (χ4n) is 2.44. The molecule has 4 nitrogen and oxygen atoms in total. The van der Waals surface area contributed by atoms with Crippen molar-refractivity contribution in [3.63, 3.8) is 0 Å². The predicted molar refractivity (Wildman–Crippen MR) is 81.1 cm³/mol. The summed E-state index contributed by atoms with van der Waals surface area (Å²) >= 11 is 1.81. The first-order valence-electron chi connectivity index (χ1n) is 6.26. The van der Waals surface area contributed by atoms with Gasteiger partial charge in [-0.05, 0) is 12.0 Å². The highest BCUT2D eigenvalue weighted by Crippen LogP contribution is 2.23. The summed E-state index contributed by atoms with van der Waals surface area (Å²) in [6.07, 6.45) is 5.61. The highest BCUT2D eigenvalue weighted by Gasteiger charge is 2.26. The fraction of sp³-hybridized carbons (Fsp3) is 0.462. The number of aromatic nitrogens is 2. The molecule has 1 aliphatic heterocycles. The van der Waals surface area contributed by atoms with E-state index in [0.717, 1.165) is 19.6 Å². The van der Waals surface area contributed by atoms with Crippen LogP contribution in [0.25, 0.3) is 5.69 Å². The minimum atomic E-state index is 0. The normalized spacial score (nSPS) is 23.5. The summed E-state index contributed by atoms with van der Waals surface area (Å²) in [6.45, 7) is 5.37. The van der Waals surface area contributed by atoms with Gasteiger partial charge in [0.2, 0.25) is 0 Å². The fourth-order valence-corrected chi connectivity index (χ4v) is 3.35. The first-order chi connectivity index (χ1) is 8.72. The Balaban J connectivity index is 0.00000133. The molecular formula is C13H19ClN4S. The first kappa shape index (κ1) is 14.5. The van der Waals surface area contributed by atoms with Gasteiger partial charge in [-0.2, -0.15) is 0 Å². The van der Waals surface area contributed by atoms with E-state index in [2.05, 4.69) is 28.3 Å². The summed E-state index contributed by atoms with van der Waals surface area (Å²) in [5.41, 5.74) is 7.25. The van der Waals surface area contributed by atoms with Crippen molar-refractivity contribution in [1.29, 1.82) is 0 Å². The summed E-state index contributed by atoms with van der Waals surface area (Å²) in [7, 11) is 0. The summed E-state index contributed by atoms with van der Waals surface area (Å²) in [6, 6.07) is 2.57. The Bertz CT molecular complexity index is 500. The summed E-state index contributed by atoms with van der Waals surface area (Å²) in [5, 5.41) is 2.18. The van der Waals surface area contributed by atoms with E-state index in [-0.39, 0.29) is 12.4 Å². The second kappa shape index (κ2) is 6.05.